The maximum absolute atomic E-state index is 12.8. The van der Waals surface area contributed by atoms with E-state index in [1.807, 2.05) is 9.80 Å². The number of benzene rings is 1. The van der Waals surface area contributed by atoms with Gasteiger partial charge in [0.2, 0.25) is 0 Å². The van der Waals surface area contributed by atoms with Crippen LogP contribution in [0.15, 0.2) is 18.2 Å². The number of ether oxygens (including phenoxy) is 1. The van der Waals surface area contributed by atoms with Crippen LogP contribution in [-0.2, 0) is 9.53 Å². The quantitative estimate of drug-likeness (QED) is 0.402. The molecule has 3 aliphatic rings. The number of esters is 1. The normalized spacial score (nSPS) is 26.7. The van der Waals surface area contributed by atoms with Crippen LogP contribution in [0, 0.1) is 20.9 Å². The Labute approximate surface area is 182 Å². The monoisotopic (exact) mass is 429 g/mol. The van der Waals surface area contributed by atoms with Crippen LogP contribution in [0.2, 0.25) is 0 Å². The number of anilines is 1. The molecular formula is C23H31N3O5. The highest BCUT2D eigenvalue weighted by Gasteiger charge is 2.50. The number of amides is 1. The summed E-state index contributed by atoms with van der Waals surface area (Å²) in [5.41, 5.74) is 0.814. The first-order valence-electron chi connectivity index (χ1n) is 11.1. The second-order valence-electron chi connectivity index (χ2n) is 10.5. The fourth-order valence-electron chi connectivity index (χ4n) is 6.07. The molecular weight excluding hydrogens is 398 g/mol. The minimum Gasteiger partial charge on any atom is -0.452 e. The minimum absolute atomic E-state index is 0.0932. The van der Waals surface area contributed by atoms with Crippen LogP contribution >= 0.6 is 0 Å². The van der Waals surface area contributed by atoms with Crippen molar-refractivity contribution in [3.63, 3.8) is 0 Å². The number of nitro benzene ring substituents is 1. The van der Waals surface area contributed by atoms with Gasteiger partial charge in [0, 0.05) is 31.7 Å². The van der Waals surface area contributed by atoms with Gasteiger partial charge in [-0.25, -0.2) is 4.79 Å². The van der Waals surface area contributed by atoms with Crippen LogP contribution < -0.4 is 4.90 Å². The summed E-state index contributed by atoms with van der Waals surface area (Å²) in [5.74, 6) is -0.902. The standard InChI is InChI=1S/C23H31N3O5/c1-22(2)11-17-12-23(3,14-22)15-25(17)20(27)13-31-21(28)16-6-7-18(19(10-16)26(29)30)24-8-4-5-9-24/h6-7,10,17H,4-5,8-9,11-15H2,1-3H3/t17-,23-/m0/s1. The zero-order valence-electron chi connectivity index (χ0n) is 18.6. The van der Waals surface area contributed by atoms with Gasteiger partial charge in [0.25, 0.3) is 11.6 Å². The smallest absolute Gasteiger partial charge is 0.338 e. The van der Waals surface area contributed by atoms with E-state index in [9.17, 15) is 19.7 Å². The van der Waals surface area contributed by atoms with E-state index < -0.39 is 10.9 Å². The van der Waals surface area contributed by atoms with Gasteiger partial charge in [0.05, 0.1) is 10.5 Å². The Morgan fingerprint density at radius 2 is 1.90 bits per heavy atom. The van der Waals surface area contributed by atoms with Crippen molar-refractivity contribution < 1.29 is 19.2 Å². The van der Waals surface area contributed by atoms with Crippen molar-refractivity contribution in [2.24, 2.45) is 10.8 Å². The lowest BCUT2D eigenvalue weighted by molar-refractivity contribution is -0.384. The molecule has 2 atom stereocenters. The summed E-state index contributed by atoms with van der Waals surface area (Å²) in [6.45, 7) is 8.59. The molecule has 0 radical (unpaired) electrons. The van der Waals surface area contributed by atoms with E-state index in [2.05, 4.69) is 20.8 Å². The molecule has 1 aromatic rings. The Morgan fingerprint density at radius 3 is 2.58 bits per heavy atom. The Kier molecular flexibility index (Phi) is 5.43. The van der Waals surface area contributed by atoms with E-state index in [0.29, 0.717) is 12.2 Å². The van der Waals surface area contributed by atoms with Crippen molar-refractivity contribution in [3.8, 4) is 0 Å². The number of nitrogens with zero attached hydrogens (tertiary/aromatic N) is 3. The summed E-state index contributed by atoms with van der Waals surface area (Å²) in [4.78, 5) is 40.3. The molecule has 0 N–H and O–H groups in total. The van der Waals surface area contributed by atoms with Crippen LogP contribution in [-0.4, -0.2) is 54.0 Å². The van der Waals surface area contributed by atoms with Gasteiger partial charge in [0.15, 0.2) is 6.61 Å². The summed E-state index contributed by atoms with van der Waals surface area (Å²) in [6, 6.07) is 4.59. The average Bonchev–Trinajstić information content (AvgIpc) is 3.30. The molecule has 0 unspecified atom stereocenters. The maximum atomic E-state index is 12.8. The number of carbonyl (C=O) groups excluding carboxylic acids is 2. The van der Waals surface area contributed by atoms with Gasteiger partial charge in [-0.1, -0.05) is 20.8 Å². The Bertz CT molecular complexity index is 908. The first-order chi connectivity index (χ1) is 14.6. The van der Waals surface area contributed by atoms with Gasteiger partial charge in [-0.2, -0.15) is 0 Å². The molecule has 1 saturated carbocycles. The number of fused-ring (bicyclic) bond motifs is 2. The van der Waals surface area contributed by atoms with Crippen LogP contribution in [0.4, 0.5) is 11.4 Å². The third kappa shape index (κ3) is 4.38. The van der Waals surface area contributed by atoms with E-state index in [-0.39, 0.29) is 40.6 Å². The fourth-order valence-corrected chi connectivity index (χ4v) is 6.07. The first kappa shape index (κ1) is 21.6. The Hall–Kier alpha value is -2.64. The summed E-state index contributed by atoms with van der Waals surface area (Å²) < 4.78 is 5.27. The lowest BCUT2D eigenvalue weighted by atomic mass is 9.65. The molecule has 31 heavy (non-hydrogen) atoms. The zero-order chi connectivity index (χ0) is 22.4. The molecule has 1 aromatic carbocycles. The summed E-state index contributed by atoms with van der Waals surface area (Å²) in [7, 11) is 0. The van der Waals surface area contributed by atoms with E-state index in [0.717, 1.165) is 45.2 Å². The lowest BCUT2D eigenvalue weighted by Crippen LogP contribution is -2.39. The zero-order valence-corrected chi connectivity index (χ0v) is 18.6. The first-order valence-corrected chi connectivity index (χ1v) is 11.1. The predicted molar refractivity (Wildman–Crippen MR) is 116 cm³/mol. The van der Waals surface area contributed by atoms with Crippen molar-refractivity contribution in [1.82, 2.24) is 4.90 Å². The number of likely N-dealkylation sites (tertiary alicyclic amines) is 1. The number of hydrogen-bond donors (Lipinski definition) is 0. The van der Waals surface area contributed by atoms with Crippen LogP contribution in [0.1, 0.15) is 63.2 Å². The molecule has 1 amide bonds. The largest absolute Gasteiger partial charge is 0.452 e. The van der Waals surface area contributed by atoms with Gasteiger partial charge in [0.1, 0.15) is 5.69 Å². The van der Waals surface area contributed by atoms with E-state index in [1.165, 1.54) is 6.07 Å². The van der Waals surface area contributed by atoms with Gasteiger partial charge in [-0.05, 0) is 55.1 Å². The highest BCUT2D eigenvalue weighted by Crippen LogP contribution is 2.52. The van der Waals surface area contributed by atoms with Crippen molar-refractivity contribution in [2.45, 2.75) is 58.9 Å². The number of nitro groups is 1. The van der Waals surface area contributed by atoms with Gasteiger partial charge < -0.3 is 14.5 Å². The number of carbonyl (C=O) groups is 2. The van der Waals surface area contributed by atoms with Crippen LogP contribution in [0.5, 0.6) is 0 Å². The second kappa shape index (κ2) is 7.80. The molecule has 2 aliphatic heterocycles. The van der Waals surface area contributed by atoms with Crippen molar-refractivity contribution in [2.75, 3.05) is 31.1 Å². The van der Waals surface area contributed by atoms with Crippen molar-refractivity contribution in [3.05, 3.63) is 33.9 Å². The fraction of sp³-hybridized carbons (Fsp3) is 0.652. The van der Waals surface area contributed by atoms with E-state index in [1.54, 1.807) is 12.1 Å². The molecule has 8 heteroatoms. The molecule has 168 valence electrons. The van der Waals surface area contributed by atoms with Crippen LogP contribution in [0.3, 0.4) is 0 Å². The second-order valence-corrected chi connectivity index (χ2v) is 10.5. The predicted octanol–water partition coefficient (Wildman–Crippen LogP) is 3.78. The third-order valence-electron chi connectivity index (χ3n) is 6.92. The van der Waals surface area contributed by atoms with Crippen LogP contribution in [0.25, 0.3) is 0 Å². The highest BCUT2D eigenvalue weighted by atomic mass is 16.6. The number of rotatable bonds is 5. The average molecular weight is 430 g/mol. The number of hydrogen-bond acceptors (Lipinski definition) is 6. The molecule has 2 saturated heterocycles. The van der Waals surface area contributed by atoms with E-state index >= 15 is 0 Å². The van der Waals surface area contributed by atoms with E-state index in [4.69, 9.17) is 4.74 Å². The van der Waals surface area contributed by atoms with Gasteiger partial charge in [-0.3, -0.25) is 14.9 Å². The summed E-state index contributed by atoms with van der Waals surface area (Å²) in [6.07, 6.45) is 5.01. The molecule has 2 bridgehead atoms. The molecule has 4 rings (SSSR count). The molecule has 1 aliphatic carbocycles. The third-order valence-corrected chi connectivity index (χ3v) is 6.92. The van der Waals surface area contributed by atoms with Crippen molar-refractivity contribution >= 4 is 23.3 Å². The topological polar surface area (TPSA) is 93.0 Å². The minimum atomic E-state index is -0.710. The van der Waals surface area contributed by atoms with Gasteiger partial charge in [-0.15, -0.1) is 0 Å². The Morgan fingerprint density at radius 1 is 1.19 bits per heavy atom. The summed E-state index contributed by atoms with van der Waals surface area (Å²) >= 11 is 0. The molecule has 2 heterocycles. The molecule has 0 spiro atoms. The molecule has 8 nitrogen and oxygen atoms in total. The maximum Gasteiger partial charge on any atom is 0.338 e. The van der Waals surface area contributed by atoms with Gasteiger partial charge >= 0.3 is 5.97 Å². The Balaban J connectivity index is 1.41. The highest BCUT2D eigenvalue weighted by molar-refractivity contribution is 5.93. The lowest BCUT2D eigenvalue weighted by Gasteiger charge is -2.39. The summed E-state index contributed by atoms with van der Waals surface area (Å²) in [5, 5.41) is 11.5. The van der Waals surface area contributed by atoms with Crippen molar-refractivity contribution in [1.29, 1.82) is 0 Å². The molecule has 0 aromatic heterocycles. The molecule has 3 fully saturated rings. The SMILES string of the molecule is CC1(C)C[C@H]2C[C@](C)(CN2C(=O)COC(=O)c2ccc(N3CCCC3)c([N+](=O)[O-])c2)C1.